The lowest BCUT2D eigenvalue weighted by molar-refractivity contribution is 0.110. The number of hydrogen-bond donors (Lipinski definition) is 0. The molecule has 0 saturated heterocycles. The summed E-state index contributed by atoms with van der Waals surface area (Å²) in [7, 11) is 0. The molecule has 5 rings (SSSR count). The van der Waals surface area contributed by atoms with E-state index in [4.69, 9.17) is 38.0 Å². The molecule has 1 unspecified atom stereocenters. The number of para-hydroxylation sites is 1. The third-order valence-electron chi connectivity index (χ3n) is 4.97. The lowest BCUT2D eigenvalue weighted by Gasteiger charge is -2.22. The van der Waals surface area contributed by atoms with Crippen LogP contribution in [0.3, 0.4) is 0 Å². The molecule has 0 saturated carbocycles. The summed E-state index contributed by atoms with van der Waals surface area (Å²) >= 11 is 12.7. The number of rotatable bonds is 3. The maximum atomic E-state index is 6.59. The second-order valence-corrected chi connectivity index (χ2v) is 7.95. The SMILES string of the molecule is CC(=Nc1cccc(Cl)c1)N1N=C(c2ccncc2)OC1c1cc2ccccc2nc1Cl. The van der Waals surface area contributed by atoms with E-state index in [1.165, 1.54) is 0 Å². The van der Waals surface area contributed by atoms with Gasteiger partial charge in [0.05, 0.1) is 16.8 Å². The quantitative estimate of drug-likeness (QED) is 0.201. The van der Waals surface area contributed by atoms with Gasteiger partial charge in [-0.3, -0.25) is 4.98 Å². The van der Waals surface area contributed by atoms with E-state index in [1.807, 2.05) is 61.5 Å². The summed E-state index contributed by atoms with van der Waals surface area (Å²) in [5, 5.41) is 8.32. The van der Waals surface area contributed by atoms with E-state index >= 15 is 0 Å². The fourth-order valence-electron chi connectivity index (χ4n) is 3.45. The zero-order valence-corrected chi connectivity index (χ0v) is 18.5. The van der Waals surface area contributed by atoms with Crippen molar-refractivity contribution in [3.05, 3.63) is 100 Å². The monoisotopic (exact) mass is 461 g/mol. The van der Waals surface area contributed by atoms with Crippen LogP contribution in [0.15, 0.2) is 89.2 Å². The first-order valence-corrected chi connectivity index (χ1v) is 10.6. The molecule has 0 aliphatic carbocycles. The maximum absolute atomic E-state index is 6.59. The van der Waals surface area contributed by atoms with Gasteiger partial charge in [-0.15, -0.1) is 5.10 Å². The Bertz CT molecular complexity index is 1360. The zero-order valence-electron chi connectivity index (χ0n) is 17.0. The minimum atomic E-state index is -0.634. The zero-order chi connectivity index (χ0) is 22.1. The fraction of sp³-hybridized carbons (Fsp3) is 0.0833. The van der Waals surface area contributed by atoms with Crippen molar-refractivity contribution in [1.82, 2.24) is 15.0 Å². The average Bonchev–Trinajstić information content (AvgIpc) is 3.25. The number of hydrazone groups is 1. The molecule has 0 bridgehead atoms. The summed E-state index contributed by atoms with van der Waals surface area (Å²) in [5.41, 5.74) is 3.01. The summed E-state index contributed by atoms with van der Waals surface area (Å²) in [6, 6.07) is 20.7. The van der Waals surface area contributed by atoms with Crippen LogP contribution in [-0.2, 0) is 4.74 Å². The topological polar surface area (TPSA) is 63.0 Å². The van der Waals surface area contributed by atoms with Crippen molar-refractivity contribution in [1.29, 1.82) is 0 Å². The third kappa shape index (κ3) is 4.02. The molecule has 2 aromatic carbocycles. The summed E-state index contributed by atoms with van der Waals surface area (Å²) in [6.07, 6.45) is 2.75. The number of aliphatic imine (C=N–C) groups is 1. The molecule has 4 aromatic rings. The van der Waals surface area contributed by atoms with Crippen LogP contribution in [-0.4, -0.2) is 26.7 Å². The van der Waals surface area contributed by atoms with Crippen molar-refractivity contribution < 1.29 is 4.74 Å². The molecule has 1 atom stereocenters. The van der Waals surface area contributed by atoms with Gasteiger partial charge < -0.3 is 4.74 Å². The number of nitrogens with zero attached hydrogens (tertiary/aromatic N) is 5. The highest BCUT2D eigenvalue weighted by Crippen LogP contribution is 2.36. The van der Waals surface area contributed by atoms with E-state index in [9.17, 15) is 0 Å². The molecule has 2 aromatic heterocycles. The van der Waals surface area contributed by atoms with Crippen LogP contribution in [0.25, 0.3) is 10.9 Å². The van der Waals surface area contributed by atoms with Crippen LogP contribution in [0.1, 0.15) is 24.3 Å². The van der Waals surface area contributed by atoms with Gasteiger partial charge in [0.15, 0.2) is 0 Å². The van der Waals surface area contributed by atoms with Crippen molar-refractivity contribution in [3.63, 3.8) is 0 Å². The van der Waals surface area contributed by atoms with Crippen LogP contribution >= 0.6 is 23.2 Å². The van der Waals surface area contributed by atoms with Gasteiger partial charge in [-0.25, -0.2) is 15.0 Å². The van der Waals surface area contributed by atoms with Gasteiger partial charge >= 0.3 is 0 Å². The predicted molar refractivity (Wildman–Crippen MR) is 127 cm³/mol. The molecular formula is C24H17Cl2N5O. The lowest BCUT2D eigenvalue weighted by atomic mass is 10.1. The lowest BCUT2D eigenvalue weighted by Crippen LogP contribution is -2.26. The second-order valence-electron chi connectivity index (χ2n) is 7.16. The predicted octanol–water partition coefficient (Wildman–Crippen LogP) is 6.38. The van der Waals surface area contributed by atoms with Crippen LogP contribution in [0.2, 0.25) is 10.2 Å². The van der Waals surface area contributed by atoms with Crippen LogP contribution < -0.4 is 0 Å². The van der Waals surface area contributed by atoms with Crippen molar-refractivity contribution in [2.45, 2.75) is 13.2 Å². The molecule has 3 heterocycles. The Kier molecular flexibility index (Phi) is 5.47. The number of aromatic nitrogens is 2. The molecule has 0 spiro atoms. The fourth-order valence-corrected chi connectivity index (χ4v) is 3.88. The van der Waals surface area contributed by atoms with Crippen molar-refractivity contribution in [3.8, 4) is 0 Å². The molecule has 8 heteroatoms. The van der Waals surface area contributed by atoms with E-state index in [-0.39, 0.29) is 0 Å². The molecule has 158 valence electrons. The Hall–Kier alpha value is -3.48. The first kappa shape index (κ1) is 20.4. The van der Waals surface area contributed by atoms with Gasteiger partial charge in [0.1, 0.15) is 11.0 Å². The molecule has 1 aliphatic rings. The number of ether oxygens (including phenoxy) is 1. The standard InChI is InChI=1S/C24H17Cl2N5O/c1-15(28-19-7-4-6-18(25)14-19)31-24(32-23(30-31)16-9-11-27-12-10-16)20-13-17-5-2-3-8-21(17)29-22(20)26/h2-14,24H,1H3. The van der Waals surface area contributed by atoms with E-state index in [1.54, 1.807) is 29.5 Å². The van der Waals surface area contributed by atoms with Gasteiger partial charge in [-0.2, -0.15) is 0 Å². The normalized spacial score (nSPS) is 16.2. The highest BCUT2D eigenvalue weighted by molar-refractivity contribution is 6.31. The average molecular weight is 462 g/mol. The van der Waals surface area contributed by atoms with E-state index in [2.05, 4.69) is 9.97 Å². The Labute approximate surface area is 194 Å². The maximum Gasteiger partial charge on any atom is 0.241 e. The smallest absolute Gasteiger partial charge is 0.241 e. The van der Waals surface area contributed by atoms with Gasteiger partial charge in [-0.1, -0.05) is 47.5 Å². The Morgan fingerprint density at radius 2 is 1.81 bits per heavy atom. The number of hydrogen-bond acceptors (Lipinski definition) is 5. The van der Waals surface area contributed by atoms with Gasteiger partial charge in [0.2, 0.25) is 12.1 Å². The summed E-state index contributed by atoms with van der Waals surface area (Å²) in [4.78, 5) is 13.3. The van der Waals surface area contributed by atoms with Crippen LogP contribution in [0.4, 0.5) is 5.69 Å². The first-order valence-electron chi connectivity index (χ1n) is 9.89. The minimum Gasteiger partial charge on any atom is -0.446 e. The Balaban J connectivity index is 1.60. The van der Waals surface area contributed by atoms with Crippen LogP contribution in [0.5, 0.6) is 0 Å². The molecule has 0 fully saturated rings. The molecule has 0 radical (unpaired) electrons. The number of amidine groups is 1. The molecular weight excluding hydrogens is 445 g/mol. The van der Waals surface area contributed by atoms with Gasteiger partial charge in [-0.05, 0) is 49.4 Å². The summed E-state index contributed by atoms with van der Waals surface area (Å²) in [5.74, 6) is 1.06. The number of fused-ring (bicyclic) bond motifs is 1. The third-order valence-corrected chi connectivity index (χ3v) is 5.51. The largest absolute Gasteiger partial charge is 0.446 e. The van der Waals surface area contributed by atoms with Gasteiger partial charge in [0, 0.05) is 28.4 Å². The molecule has 1 aliphatic heterocycles. The van der Waals surface area contributed by atoms with Gasteiger partial charge in [0.25, 0.3) is 0 Å². The van der Waals surface area contributed by atoms with Crippen molar-refractivity contribution in [2.24, 2.45) is 10.1 Å². The minimum absolute atomic E-state index is 0.348. The first-order chi connectivity index (χ1) is 15.6. The number of benzene rings is 2. The van der Waals surface area contributed by atoms with Crippen molar-refractivity contribution >= 4 is 51.5 Å². The highest BCUT2D eigenvalue weighted by Gasteiger charge is 2.34. The molecule has 32 heavy (non-hydrogen) atoms. The second kappa shape index (κ2) is 8.57. The Morgan fingerprint density at radius 1 is 1.00 bits per heavy atom. The Morgan fingerprint density at radius 3 is 2.62 bits per heavy atom. The highest BCUT2D eigenvalue weighted by atomic mass is 35.5. The van der Waals surface area contributed by atoms with E-state index < -0.39 is 6.23 Å². The number of halogens is 2. The summed E-state index contributed by atoms with van der Waals surface area (Å²) < 4.78 is 6.28. The van der Waals surface area contributed by atoms with E-state index in [0.717, 1.165) is 16.5 Å². The van der Waals surface area contributed by atoms with E-state index in [0.29, 0.717) is 33.2 Å². The summed E-state index contributed by atoms with van der Waals surface area (Å²) in [6.45, 7) is 1.86. The van der Waals surface area contributed by atoms with Crippen molar-refractivity contribution in [2.75, 3.05) is 0 Å². The number of pyridine rings is 2. The molecule has 6 nitrogen and oxygen atoms in total. The molecule has 0 amide bonds. The van der Waals surface area contributed by atoms with Crippen LogP contribution in [0, 0.1) is 0 Å². The molecule has 0 N–H and O–H groups in total.